The number of ether oxygens (including phenoxy) is 2. The van der Waals surface area contributed by atoms with Gasteiger partial charge in [0.1, 0.15) is 0 Å². The minimum atomic E-state index is -1.54. The molecule has 1 aromatic carbocycles. The molecule has 0 saturated heterocycles. The van der Waals surface area contributed by atoms with Crippen molar-refractivity contribution >= 4 is 11.9 Å². The molecule has 1 rings (SSSR count). The van der Waals surface area contributed by atoms with E-state index in [4.69, 9.17) is 9.47 Å². The van der Waals surface area contributed by atoms with Crippen LogP contribution in [0, 0.1) is 20.2 Å². The molecule has 0 N–H and O–H groups in total. The Morgan fingerprint density at radius 2 is 1.23 bits per heavy atom. The van der Waals surface area contributed by atoms with Crippen molar-refractivity contribution in [3.8, 4) is 0 Å². The lowest BCUT2D eigenvalue weighted by molar-refractivity contribution is -0.568. The lowest BCUT2D eigenvalue weighted by Gasteiger charge is -2.13. The molecular weight excluding hydrogens is 348 g/mol. The van der Waals surface area contributed by atoms with E-state index in [0.29, 0.717) is 12.8 Å². The van der Waals surface area contributed by atoms with E-state index in [1.807, 2.05) is 0 Å². The Hall–Kier alpha value is -3.04. The van der Waals surface area contributed by atoms with Crippen molar-refractivity contribution in [2.24, 2.45) is 0 Å². The fourth-order valence-corrected chi connectivity index (χ4v) is 2.12. The fraction of sp³-hybridized carbons (Fsp3) is 0.500. The molecule has 2 unspecified atom stereocenters. The highest BCUT2D eigenvalue weighted by Crippen LogP contribution is 2.16. The van der Waals surface area contributed by atoms with Gasteiger partial charge in [-0.2, -0.15) is 0 Å². The number of esters is 2. The molecule has 0 aromatic heterocycles. The number of rotatable bonds is 10. The molecule has 10 heteroatoms. The summed E-state index contributed by atoms with van der Waals surface area (Å²) in [7, 11) is 0. The Morgan fingerprint density at radius 1 is 0.885 bits per heavy atom. The topological polar surface area (TPSA) is 139 Å². The molecule has 142 valence electrons. The number of benzene rings is 1. The zero-order chi connectivity index (χ0) is 19.7. The Labute approximate surface area is 149 Å². The summed E-state index contributed by atoms with van der Waals surface area (Å²) in [6.45, 7) is 3.39. The van der Waals surface area contributed by atoms with Crippen molar-refractivity contribution in [2.45, 2.75) is 52.0 Å². The number of nitro groups is 2. The highest BCUT2D eigenvalue weighted by Gasteiger charge is 2.30. The zero-order valence-corrected chi connectivity index (χ0v) is 14.5. The van der Waals surface area contributed by atoms with E-state index in [1.165, 1.54) is 24.3 Å². The van der Waals surface area contributed by atoms with Crippen molar-refractivity contribution in [3.63, 3.8) is 0 Å². The maximum Gasteiger partial charge on any atom is 0.356 e. The van der Waals surface area contributed by atoms with Gasteiger partial charge in [-0.1, -0.05) is 26.0 Å². The van der Waals surface area contributed by atoms with Gasteiger partial charge in [-0.15, -0.1) is 0 Å². The highest BCUT2D eigenvalue weighted by atomic mass is 16.7. The smallest absolute Gasteiger partial charge is 0.356 e. The van der Waals surface area contributed by atoms with Crippen molar-refractivity contribution in [1.82, 2.24) is 0 Å². The van der Waals surface area contributed by atoms with Gasteiger partial charge in [0.2, 0.25) is 0 Å². The summed E-state index contributed by atoms with van der Waals surface area (Å²) in [5.41, 5.74) is -0.502. The first kappa shape index (κ1) is 21.0. The summed E-state index contributed by atoms with van der Waals surface area (Å²) in [6, 6.07) is 5.35. The minimum Gasteiger partial charge on any atom is -0.394 e. The van der Waals surface area contributed by atoms with Gasteiger partial charge >= 0.3 is 24.4 Å². The largest absolute Gasteiger partial charge is 0.394 e. The van der Waals surface area contributed by atoms with Gasteiger partial charge in [0.25, 0.3) is 0 Å². The third-order valence-electron chi connectivity index (χ3n) is 3.39. The fourth-order valence-electron chi connectivity index (χ4n) is 2.12. The number of carbonyl (C=O) groups is 2. The lowest BCUT2D eigenvalue weighted by Crippen LogP contribution is -2.29. The molecule has 0 aliphatic carbocycles. The SMILES string of the molecule is CCCC(OC(=O)c1ccccc1C(=O)OC(CCC)[N+](=O)[O-])[N+](=O)[O-]. The molecule has 0 bridgehead atoms. The molecule has 0 heterocycles. The van der Waals surface area contributed by atoms with Crippen LogP contribution in [0.2, 0.25) is 0 Å². The molecule has 26 heavy (non-hydrogen) atoms. The van der Waals surface area contributed by atoms with Gasteiger partial charge < -0.3 is 9.47 Å². The highest BCUT2D eigenvalue weighted by molar-refractivity contribution is 6.03. The van der Waals surface area contributed by atoms with Crippen molar-refractivity contribution in [1.29, 1.82) is 0 Å². The van der Waals surface area contributed by atoms with Gasteiger partial charge in [0.05, 0.1) is 33.8 Å². The molecule has 1 aromatic rings. The Bertz CT molecular complexity index is 619. The molecule has 10 nitrogen and oxygen atoms in total. The summed E-state index contributed by atoms with van der Waals surface area (Å²) in [6.07, 6.45) is -2.20. The number of hydrogen-bond donors (Lipinski definition) is 0. The van der Waals surface area contributed by atoms with E-state index >= 15 is 0 Å². The van der Waals surface area contributed by atoms with Crippen LogP contribution in [0.25, 0.3) is 0 Å². The summed E-state index contributed by atoms with van der Waals surface area (Å²) in [5, 5.41) is 21.9. The minimum absolute atomic E-state index is 0.0191. The normalized spacial score (nSPS) is 12.7. The Morgan fingerprint density at radius 3 is 1.50 bits per heavy atom. The predicted molar refractivity (Wildman–Crippen MR) is 88.7 cm³/mol. The second kappa shape index (κ2) is 10.1. The van der Waals surface area contributed by atoms with Crippen LogP contribution < -0.4 is 0 Å². The molecule has 0 amide bonds. The first-order valence-corrected chi connectivity index (χ1v) is 8.09. The molecule has 0 radical (unpaired) electrons. The van der Waals surface area contributed by atoms with Crippen LogP contribution in [-0.4, -0.2) is 34.2 Å². The number of hydrogen-bond acceptors (Lipinski definition) is 8. The molecule has 0 fully saturated rings. The van der Waals surface area contributed by atoms with E-state index in [-0.39, 0.29) is 24.0 Å². The van der Waals surface area contributed by atoms with Gasteiger partial charge in [0.15, 0.2) is 0 Å². The second-order valence-corrected chi connectivity index (χ2v) is 5.41. The third-order valence-corrected chi connectivity index (χ3v) is 3.39. The quantitative estimate of drug-likeness (QED) is 0.266. The van der Waals surface area contributed by atoms with Gasteiger partial charge in [-0.25, -0.2) is 9.59 Å². The van der Waals surface area contributed by atoms with Crippen LogP contribution in [0.3, 0.4) is 0 Å². The van der Waals surface area contributed by atoms with Crippen molar-refractivity contribution in [3.05, 3.63) is 55.6 Å². The first-order chi connectivity index (χ1) is 12.3. The Kier molecular flexibility index (Phi) is 8.13. The van der Waals surface area contributed by atoms with Gasteiger partial charge in [0, 0.05) is 0 Å². The summed E-state index contributed by atoms with van der Waals surface area (Å²) in [5.74, 6) is -2.14. The van der Waals surface area contributed by atoms with E-state index in [1.54, 1.807) is 13.8 Å². The average Bonchev–Trinajstić information content (AvgIpc) is 2.60. The van der Waals surface area contributed by atoms with Crippen LogP contribution >= 0.6 is 0 Å². The second-order valence-electron chi connectivity index (χ2n) is 5.41. The number of nitrogens with zero attached hydrogens (tertiary/aromatic N) is 2. The van der Waals surface area contributed by atoms with Crippen LogP contribution in [0.15, 0.2) is 24.3 Å². The molecule has 0 spiro atoms. The summed E-state index contributed by atoms with van der Waals surface area (Å²) in [4.78, 5) is 44.9. The zero-order valence-electron chi connectivity index (χ0n) is 14.5. The van der Waals surface area contributed by atoms with Gasteiger partial charge in [-0.3, -0.25) is 20.2 Å². The van der Waals surface area contributed by atoms with Crippen molar-refractivity contribution in [2.75, 3.05) is 0 Å². The lowest BCUT2D eigenvalue weighted by atomic mass is 10.1. The Balaban J connectivity index is 3.02. The number of carbonyl (C=O) groups excluding carboxylic acids is 2. The predicted octanol–water partition coefficient (Wildman–Crippen LogP) is 2.81. The van der Waals surface area contributed by atoms with Crippen LogP contribution in [0.4, 0.5) is 0 Å². The molecule has 2 atom stereocenters. The molecule has 0 aliphatic rings. The maximum atomic E-state index is 12.2. The maximum absolute atomic E-state index is 12.2. The average molecular weight is 368 g/mol. The molecule has 0 aliphatic heterocycles. The van der Waals surface area contributed by atoms with Crippen LogP contribution in [-0.2, 0) is 9.47 Å². The summed E-state index contributed by atoms with van der Waals surface area (Å²) < 4.78 is 9.70. The van der Waals surface area contributed by atoms with E-state index in [9.17, 15) is 29.8 Å². The molecule has 0 saturated carbocycles. The van der Waals surface area contributed by atoms with E-state index in [2.05, 4.69) is 0 Å². The first-order valence-electron chi connectivity index (χ1n) is 8.09. The summed E-state index contributed by atoms with van der Waals surface area (Å²) >= 11 is 0. The van der Waals surface area contributed by atoms with Crippen LogP contribution in [0.5, 0.6) is 0 Å². The van der Waals surface area contributed by atoms with Gasteiger partial charge in [-0.05, 0) is 25.0 Å². The van der Waals surface area contributed by atoms with E-state index < -0.39 is 34.2 Å². The van der Waals surface area contributed by atoms with E-state index in [0.717, 1.165) is 0 Å². The standard InChI is InChI=1S/C16H20N2O8/c1-3-7-13(17(21)22)25-15(19)11-9-5-6-10-12(11)16(20)26-14(8-4-2)18(23)24/h5-6,9-10,13-14H,3-4,7-8H2,1-2H3. The van der Waals surface area contributed by atoms with Crippen molar-refractivity contribution < 1.29 is 28.9 Å². The monoisotopic (exact) mass is 368 g/mol. The van der Waals surface area contributed by atoms with Crippen LogP contribution in [0.1, 0.15) is 60.2 Å². The molecular formula is C16H20N2O8. The third kappa shape index (κ3) is 5.80.